The van der Waals surface area contributed by atoms with E-state index in [2.05, 4.69) is 20.8 Å². The molecule has 4 nitrogen and oxygen atoms in total. The zero-order valence-corrected chi connectivity index (χ0v) is 19.1. The van der Waals surface area contributed by atoms with Gasteiger partial charge in [0.2, 0.25) is 0 Å². The van der Waals surface area contributed by atoms with Crippen LogP contribution in [0.1, 0.15) is 98.3 Å². The van der Waals surface area contributed by atoms with Gasteiger partial charge in [-0.2, -0.15) is 0 Å². The third kappa shape index (κ3) is 12.1. The molecule has 0 heterocycles. The van der Waals surface area contributed by atoms with Crippen LogP contribution in [-0.4, -0.2) is 25.4 Å². The third-order valence-corrected chi connectivity index (χ3v) is 9.62. The number of aliphatic carboxylic acids is 1. The normalized spacial score (nSPS) is 12.2. The van der Waals surface area contributed by atoms with Crippen molar-refractivity contribution >= 4 is 20.3 Å². The Morgan fingerprint density at radius 1 is 0.778 bits per heavy atom. The summed E-state index contributed by atoms with van der Waals surface area (Å²) in [5, 5.41) is 9.02. The summed E-state index contributed by atoms with van der Waals surface area (Å²) in [7, 11) is -2.18. The van der Waals surface area contributed by atoms with Crippen molar-refractivity contribution in [1.29, 1.82) is 0 Å². The highest BCUT2D eigenvalue weighted by Gasteiger charge is 2.37. The van der Waals surface area contributed by atoms with Crippen LogP contribution in [0.25, 0.3) is 0 Å². The highest BCUT2D eigenvalue weighted by atomic mass is 28.4. The standard InChI is InChI=1S/C22H42O4Si/c1-5-9-12-13-14-15-18-27(16-10-6-2,17-11-7-3)26-22(25)20(8-4)19-21(23)24/h19H,5-18H2,1-4H3,(H,23,24). The first-order chi connectivity index (χ1) is 12.9. The number of rotatable bonds is 17. The zero-order valence-electron chi connectivity index (χ0n) is 18.1. The van der Waals surface area contributed by atoms with Crippen LogP contribution >= 0.6 is 0 Å². The Morgan fingerprint density at radius 2 is 1.26 bits per heavy atom. The van der Waals surface area contributed by atoms with Gasteiger partial charge in [-0.1, -0.05) is 91.9 Å². The van der Waals surface area contributed by atoms with Crippen LogP contribution in [0.15, 0.2) is 11.6 Å². The van der Waals surface area contributed by atoms with Gasteiger partial charge in [0.25, 0.3) is 8.32 Å². The molecule has 1 N–H and O–H groups in total. The predicted octanol–water partition coefficient (Wildman–Crippen LogP) is 6.86. The number of hydrogen-bond donors (Lipinski definition) is 1. The molecule has 158 valence electrons. The molecule has 5 heteroatoms. The van der Waals surface area contributed by atoms with Crippen LogP contribution in [-0.2, 0) is 14.0 Å². The molecule has 0 aliphatic rings. The number of carboxylic acids is 1. The summed E-state index contributed by atoms with van der Waals surface area (Å²) in [5.41, 5.74) is 0.287. The second kappa shape index (κ2) is 15.9. The molecule has 0 bridgehead atoms. The van der Waals surface area contributed by atoms with Gasteiger partial charge in [-0.05, 0) is 24.6 Å². The number of carbonyl (C=O) groups is 2. The molecule has 0 saturated heterocycles. The number of carboxylic acid groups (broad SMARTS) is 1. The minimum absolute atomic E-state index is 0.287. The van der Waals surface area contributed by atoms with Crippen molar-refractivity contribution in [2.24, 2.45) is 0 Å². The molecule has 0 atom stereocenters. The number of carbonyl (C=O) groups excluding carboxylic acids is 1. The highest BCUT2D eigenvalue weighted by Crippen LogP contribution is 2.31. The maximum atomic E-state index is 12.7. The Labute approximate surface area is 167 Å². The lowest BCUT2D eigenvalue weighted by molar-refractivity contribution is -0.134. The molecule has 0 fully saturated rings. The summed E-state index contributed by atoms with van der Waals surface area (Å²) < 4.78 is 6.19. The lowest BCUT2D eigenvalue weighted by Gasteiger charge is -2.32. The monoisotopic (exact) mass is 398 g/mol. The first kappa shape index (κ1) is 25.9. The zero-order chi connectivity index (χ0) is 20.5. The van der Waals surface area contributed by atoms with Crippen molar-refractivity contribution in [3.8, 4) is 0 Å². The van der Waals surface area contributed by atoms with E-state index in [-0.39, 0.29) is 11.5 Å². The molecule has 0 aromatic rings. The third-order valence-electron chi connectivity index (χ3n) is 5.21. The van der Waals surface area contributed by atoms with Crippen LogP contribution < -0.4 is 0 Å². The van der Waals surface area contributed by atoms with Crippen molar-refractivity contribution in [3.05, 3.63) is 11.6 Å². The summed E-state index contributed by atoms with van der Waals surface area (Å²) in [6.07, 6.45) is 13.2. The average molecular weight is 399 g/mol. The van der Waals surface area contributed by atoms with Crippen LogP contribution in [0.2, 0.25) is 18.1 Å². The van der Waals surface area contributed by atoms with Gasteiger partial charge >= 0.3 is 11.9 Å². The fourth-order valence-electron chi connectivity index (χ4n) is 3.47. The summed E-state index contributed by atoms with van der Waals surface area (Å²) >= 11 is 0. The molecular weight excluding hydrogens is 356 g/mol. The van der Waals surface area contributed by atoms with Gasteiger partial charge in [-0.3, -0.25) is 0 Å². The molecule has 0 unspecified atom stereocenters. The van der Waals surface area contributed by atoms with E-state index in [1.807, 2.05) is 6.92 Å². The maximum absolute atomic E-state index is 12.7. The number of hydrogen-bond acceptors (Lipinski definition) is 3. The lowest BCUT2D eigenvalue weighted by Crippen LogP contribution is -2.41. The molecule has 0 aliphatic heterocycles. The fraction of sp³-hybridized carbons (Fsp3) is 0.818. The second-order valence-electron chi connectivity index (χ2n) is 7.66. The Bertz CT molecular complexity index is 438. The average Bonchev–Trinajstić information content (AvgIpc) is 2.65. The van der Waals surface area contributed by atoms with Gasteiger partial charge in [0, 0.05) is 11.6 Å². The van der Waals surface area contributed by atoms with E-state index in [9.17, 15) is 9.59 Å². The molecule has 0 aromatic carbocycles. The van der Waals surface area contributed by atoms with Crippen LogP contribution in [0.3, 0.4) is 0 Å². The van der Waals surface area contributed by atoms with Crippen molar-refractivity contribution < 1.29 is 19.1 Å². The number of unbranched alkanes of at least 4 members (excludes halogenated alkanes) is 7. The summed E-state index contributed by atoms with van der Waals surface area (Å²) in [5.74, 6) is -1.46. The quantitative estimate of drug-likeness (QED) is 0.165. The van der Waals surface area contributed by atoms with Gasteiger partial charge in [-0.15, -0.1) is 0 Å². The minimum atomic E-state index is -2.18. The van der Waals surface area contributed by atoms with E-state index in [1.54, 1.807) is 0 Å². The van der Waals surface area contributed by atoms with Crippen molar-refractivity contribution in [3.63, 3.8) is 0 Å². The van der Waals surface area contributed by atoms with Gasteiger partial charge in [0.15, 0.2) is 0 Å². The topological polar surface area (TPSA) is 63.6 Å². The first-order valence-electron chi connectivity index (χ1n) is 11.1. The smallest absolute Gasteiger partial charge is 0.328 e. The van der Waals surface area contributed by atoms with E-state index < -0.39 is 14.3 Å². The van der Waals surface area contributed by atoms with Gasteiger partial charge in [-0.25, -0.2) is 9.59 Å². The van der Waals surface area contributed by atoms with Crippen molar-refractivity contribution in [2.45, 2.75) is 116 Å². The molecular formula is C22H42O4Si. The van der Waals surface area contributed by atoms with E-state index >= 15 is 0 Å². The van der Waals surface area contributed by atoms with Gasteiger partial charge in [0.05, 0.1) is 0 Å². The Morgan fingerprint density at radius 3 is 1.74 bits per heavy atom. The van der Waals surface area contributed by atoms with E-state index in [1.165, 1.54) is 32.1 Å². The fourth-order valence-corrected chi connectivity index (χ4v) is 7.94. The van der Waals surface area contributed by atoms with Crippen molar-refractivity contribution in [1.82, 2.24) is 0 Å². The van der Waals surface area contributed by atoms with Crippen LogP contribution in [0, 0.1) is 0 Å². The molecule has 0 spiro atoms. The SMILES string of the molecule is CCCCCCCC[Si](CCCC)(CCCC)OC(=O)C(=CC(=O)O)CC. The maximum Gasteiger partial charge on any atom is 0.328 e. The van der Waals surface area contributed by atoms with E-state index in [0.29, 0.717) is 6.42 Å². The summed E-state index contributed by atoms with van der Waals surface area (Å²) in [6, 6.07) is 3.04. The van der Waals surface area contributed by atoms with Crippen LogP contribution in [0.4, 0.5) is 0 Å². The molecule has 27 heavy (non-hydrogen) atoms. The Kier molecular flexibility index (Phi) is 15.3. The van der Waals surface area contributed by atoms with E-state index in [0.717, 1.165) is 56.3 Å². The Hall–Kier alpha value is -1.10. The molecule has 0 radical (unpaired) electrons. The summed E-state index contributed by atoms with van der Waals surface area (Å²) in [6.45, 7) is 8.38. The second-order valence-corrected chi connectivity index (χ2v) is 11.7. The minimum Gasteiger partial charge on any atom is -0.516 e. The largest absolute Gasteiger partial charge is 0.516 e. The molecule has 0 rings (SSSR count). The highest BCUT2D eigenvalue weighted by molar-refractivity contribution is 6.75. The summed E-state index contributed by atoms with van der Waals surface area (Å²) in [4.78, 5) is 23.7. The Balaban J connectivity index is 5.14. The lowest BCUT2D eigenvalue weighted by atomic mass is 10.1. The first-order valence-corrected chi connectivity index (χ1v) is 13.6. The van der Waals surface area contributed by atoms with Gasteiger partial charge in [0.1, 0.15) is 0 Å². The van der Waals surface area contributed by atoms with Gasteiger partial charge < -0.3 is 9.53 Å². The molecule has 0 aromatic heterocycles. The van der Waals surface area contributed by atoms with E-state index in [4.69, 9.17) is 9.53 Å². The van der Waals surface area contributed by atoms with Crippen LogP contribution in [0.5, 0.6) is 0 Å². The van der Waals surface area contributed by atoms with Crippen molar-refractivity contribution in [2.75, 3.05) is 0 Å². The molecule has 0 amide bonds. The predicted molar refractivity (Wildman–Crippen MR) is 115 cm³/mol. The molecule has 0 saturated carbocycles. The molecule has 0 aliphatic carbocycles.